The van der Waals surface area contributed by atoms with Gasteiger partial charge in [0.25, 0.3) is 0 Å². The van der Waals surface area contributed by atoms with Gasteiger partial charge in [-0.3, -0.25) is 4.79 Å². The fourth-order valence-corrected chi connectivity index (χ4v) is 4.73. The van der Waals surface area contributed by atoms with Crippen LogP contribution in [0.1, 0.15) is 64.1 Å². The number of halogens is 4. The first kappa shape index (κ1) is 30.8. The Morgan fingerprint density at radius 1 is 0.977 bits per heavy atom. The molecule has 0 saturated heterocycles. The predicted octanol–water partition coefficient (Wildman–Crippen LogP) is 7.95. The van der Waals surface area contributed by atoms with Crippen LogP contribution in [0.4, 0.5) is 13.2 Å². The summed E-state index contributed by atoms with van der Waals surface area (Å²) in [7, 11) is 0. The molecule has 12 heteroatoms. The number of alkyl halides is 3. The number of aromatic nitrogens is 3. The minimum absolute atomic E-state index is 0.0298. The lowest BCUT2D eigenvalue weighted by molar-refractivity contribution is -0.141. The molecule has 3 aromatic carbocycles. The Bertz CT molecular complexity index is 1850. The van der Waals surface area contributed by atoms with Gasteiger partial charge in [0, 0.05) is 17.4 Å². The van der Waals surface area contributed by atoms with Crippen LogP contribution in [0.5, 0.6) is 5.75 Å². The summed E-state index contributed by atoms with van der Waals surface area (Å²) in [6.07, 6.45) is -4.81. The molecule has 0 atom stereocenters. The minimum atomic E-state index is -4.84. The number of hydrogen-bond acceptors (Lipinski definition) is 7. The second kappa shape index (κ2) is 11.8. The second-order valence-corrected chi connectivity index (χ2v) is 11.5. The standard InChI is InChI=1S/C32H27ClF3N3O5/c1-18-24-13-8-19(15-27(24)44-38-18)14-26(40)21-6-5-7-22(16-21)39-25(28(33)29(37-39)32(34,35)36)17-42-23-11-9-20(10-12-23)30(41)43-31(2,3)4/h5-13,15-16H,14,17H2,1-4H3. The Hall–Kier alpha value is -4.64. The quantitative estimate of drug-likeness (QED) is 0.127. The highest BCUT2D eigenvalue weighted by Crippen LogP contribution is 2.37. The largest absolute Gasteiger partial charge is 0.487 e. The van der Waals surface area contributed by atoms with Gasteiger partial charge in [-0.25, -0.2) is 9.48 Å². The van der Waals surface area contributed by atoms with Crippen molar-refractivity contribution in [1.82, 2.24) is 14.9 Å². The van der Waals surface area contributed by atoms with Gasteiger partial charge >= 0.3 is 12.1 Å². The molecule has 44 heavy (non-hydrogen) atoms. The van der Waals surface area contributed by atoms with Crippen LogP contribution < -0.4 is 4.74 Å². The fraction of sp³-hybridized carbons (Fsp3) is 0.250. The molecular formula is C32H27ClF3N3O5. The number of esters is 1. The lowest BCUT2D eigenvalue weighted by Gasteiger charge is -2.19. The summed E-state index contributed by atoms with van der Waals surface area (Å²) < 4.78 is 58.8. The summed E-state index contributed by atoms with van der Waals surface area (Å²) in [6, 6.07) is 17.4. The molecule has 5 aromatic rings. The van der Waals surface area contributed by atoms with E-state index in [1.54, 1.807) is 45.0 Å². The maximum atomic E-state index is 13.8. The first-order chi connectivity index (χ1) is 20.7. The highest BCUT2D eigenvalue weighted by Gasteiger charge is 2.39. The predicted molar refractivity (Wildman–Crippen MR) is 156 cm³/mol. The third-order valence-corrected chi connectivity index (χ3v) is 6.94. The molecule has 5 rings (SSSR count). The molecule has 0 fully saturated rings. The number of aryl methyl sites for hydroxylation is 1. The van der Waals surface area contributed by atoms with Crippen LogP contribution in [0.25, 0.3) is 16.7 Å². The number of Topliss-reactive ketones (excluding diaryl/α,β-unsaturated/α-hetero) is 1. The number of rotatable bonds is 8. The van der Waals surface area contributed by atoms with Crippen LogP contribution in [0.3, 0.4) is 0 Å². The molecule has 8 nitrogen and oxygen atoms in total. The van der Waals surface area contributed by atoms with E-state index in [1.807, 2.05) is 13.0 Å². The maximum absolute atomic E-state index is 13.8. The van der Waals surface area contributed by atoms with Gasteiger partial charge in [0.05, 0.1) is 22.0 Å². The number of ether oxygens (including phenoxy) is 2. The van der Waals surface area contributed by atoms with Crippen molar-refractivity contribution in [3.8, 4) is 11.4 Å². The molecule has 2 heterocycles. The van der Waals surface area contributed by atoms with Gasteiger partial charge in [0.2, 0.25) is 0 Å². The average molecular weight is 626 g/mol. The number of nitrogens with zero attached hydrogens (tertiary/aromatic N) is 3. The summed E-state index contributed by atoms with van der Waals surface area (Å²) >= 11 is 6.19. The van der Waals surface area contributed by atoms with E-state index in [0.717, 1.165) is 15.8 Å². The van der Waals surface area contributed by atoms with E-state index in [-0.39, 0.29) is 47.1 Å². The average Bonchev–Trinajstić information content (AvgIpc) is 3.50. The van der Waals surface area contributed by atoms with Crippen LogP contribution in [-0.4, -0.2) is 32.3 Å². The number of hydrogen-bond donors (Lipinski definition) is 0. The molecule has 0 amide bonds. The van der Waals surface area contributed by atoms with Crippen LogP contribution in [0, 0.1) is 6.92 Å². The number of ketones is 1. The number of benzene rings is 3. The summed E-state index contributed by atoms with van der Waals surface area (Å²) in [6.45, 7) is 6.67. The maximum Gasteiger partial charge on any atom is 0.436 e. The van der Waals surface area contributed by atoms with E-state index in [2.05, 4.69) is 10.3 Å². The topological polar surface area (TPSA) is 96.5 Å². The van der Waals surface area contributed by atoms with Gasteiger partial charge < -0.3 is 14.0 Å². The van der Waals surface area contributed by atoms with Crippen molar-refractivity contribution in [1.29, 1.82) is 0 Å². The SMILES string of the molecule is Cc1noc2cc(CC(=O)c3cccc(-n4nc(C(F)(F)F)c(Cl)c4COc4ccc(C(=O)OC(C)(C)C)cc4)c3)ccc12. The van der Waals surface area contributed by atoms with E-state index in [1.165, 1.54) is 36.4 Å². The summed E-state index contributed by atoms with van der Waals surface area (Å²) in [5.74, 6) is -0.514. The number of carbonyl (C=O) groups excluding carboxylic acids is 2. The van der Waals surface area contributed by atoms with E-state index in [0.29, 0.717) is 11.1 Å². The Labute approximate surface area is 255 Å². The zero-order valence-corrected chi connectivity index (χ0v) is 24.9. The molecule has 0 aliphatic heterocycles. The van der Waals surface area contributed by atoms with E-state index >= 15 is 0 Å². The molecular weight excluding hydrogens is 599 g/mol. The van der Waals surface area contributed by atoms with Crippen LogP contribution in [0.2, 0.25) is 5.02 Å². The van der Waals surface area contributed by atoms with E-state index in [9.17, 15) is 22.8 Å². The first-order valence-electron chi connectivity index (χ1n) is 13.5. The molecule has 2 aromatic heterocycles. The van der Waals surface area contributed by atoms with Crippen molar-refractivity contribution in [3.63, 3.8) is 0 Å². The Morgan fingerprint density at radius 2 is 1.70 bits per heavy atom. The molecule has 0 unspecified atom stereocenters. The molecule has 228 valence electrons. The Balaban J connectivity index is 1.39. The molecule has 0 bridgehead atoms. The van der Waals surface area contributed by atoms with Gasteiger partial charge in [-0.15, -0.1) is 0 Å². The van der Waals surface area contributed by atoms with Crippen molar-refractivity contribution in [3.05, 3.63) is 106 Å². The van der Waals surface area contributed by atoms with Crippen LogP contribution in [-0.2, 0) is 23.9 Å². The zero-order chi connectivity index (χ0) is 31.8. The van der Waals surface area contributed by atoms with Crippen molar-refractivity contribution in [2.75, 3.05) is 0 Å². The van der Waals surface area contributed by atoms with E-state index < -0.39 is 28.5 Å². The summed E-state index contributed by atoms with van der Waals surface area (Å²) in [5, 5.41) is 7.88. The van der Waals surface area contributed by atoms with Crippen molar-refractivity contribution >= 4 is 34.3 Å². The van der Waals surface area contributed by atoms with Gasteiger partial charge in [0.15, 0.2) is 17.1 Å². The zero-order valence-electron chi connectivity index (χ0n) is 24.2. The molecule has 0 spiro atoms. The monoisotopic (exact) mass is 625 g/mol. The van der Waals surface area contributed by atoms with E-state index in [4.69, 9.17) is 25.6 Å². The Morgan fingerprint density at radius 3 is 2.39 bits per heavy atom. The molecule has 0 saturated carbocycles. The van der Waals surface area contributed by atoms with Gasteiger partial charge in [-0.2, -0.15) is 18.3 Å². The number of fused-ring (bicyclic) bond motifs is 1. The van der Waals surface area contributed by atoms with Crippen molar-refractivity contribution < 1.29 is 36.8 Å². The second-order valence-electron chi connectivity index (χ2n) is 11.1. The summed E-state index contributed by atoms with van der Waals surface area (Å²) in [4.78, 5) is 25.5. The molecule has 0 aliphatic rings. The fourth-order valence-electron chi connectivity index (χ4n) is 4.45. The van der Waals surface area contributed by atoms with Gasteiger partial charge in [-0.1, -0.05) is 35.0 Å². The highest BCUT2D eigenvalue weighted by molar-refractivity contribution is 6.32. The van der Waals surface area contributed by atoms with Crippen LogP contribution >= 0.6 is 11.6 Å². The minimum Gasteiger partial charge on any atom is -0.487 e. The molecule has 0 N–H and O–H groups in total. The van der Waals surface area contributed by atoms with Crippen molar-refractivity contribution in [2.45, 2.75) is 52.5 Å². The van der Waals surface area contributed by atoms with Gasteiger partial charge in [-0.05, 0) is 81.8 Å². The number of carbonyl (C=O) groups is 2. The van der Waals surface area contributed by atoms with Crippen LogP contribution in [0.15, 0.2) is 71.3 Å². The third kappa shape index (κ3) is 6.78. The summed E-state index contributed by atoms with van der Waals surface area (Å²) in [5.41, 5.74) is 0.677. The normalized spacial score (nSPS) is 12.0. The Kier molecular flexibility index (Phi) is 8.26. The van der Waals surface area contributed by atoms with Gasteiger partial charge in [0.1, 0.15) is 23.7 Å². The lowest BCUT2D eigenvalue weighted by atomic mass is 10.0. The molecule has 0 radical (unpaired) electrons. The highest BCUT2D eigenvalue weighted by atomic mass is 35.5. The van der Waals surface area contributed by atoms with Crippen molar-refractivity contribution in [2.24, 2.45) is 0 Å². The first-order valence-corrected chi connectivity index (χ1v) is 13.9. The smallest absolute Gasteiger partial charge is 0.436 e. The lowest BCUT2D eigenvalue weighted by Crippen LogP contribution is -2.23. The molecule has 0 aliphatic carbocycles. The third-order valence-electron chi connectivity index (χ3n) is 6.54.